The van der Waals surface area contributed by atoms with Gasteiger partial charge in [-0.2, -0.15) is 0 Å². The maximum absolute atomic E-state index is 12.2. The summed E-state index contributed by atoms with van der Waals surface area (Å²) in [6.45, 7) is 3.87. The van der Waals surface area contributed by atoms with Gasteiger partial charge in [-0.15, -0.1) is 10.2 Å². The molecule has 94 valence electrons. The Balaban J connectivity index is 2.11. The fourth-order valence-corrected chi connectivity index (χ4v) is 2.39. The fourth-order valence-electron chi connectivity index (χ4n) is 1.80. The minimum absolute atomic E-state index is 0.0279. The molecule has 18 heavy (non-hydrogen) atoms. The van der Waals surface area contributed by atoms with Crippen LogP contribution in [0.15, 0.2) is 30.3 Å². The molecule has 0 saturated heterocycles. The summed E-state index contributed by atoms with van der Waals surface area (Å²) in [5.74, 6) is -0.171. The highest BCUT2D eigenvalue weighted by molar-refractivity contribution is 7.15. The first-order valence-electron chi connectivity index (χ1n) is 5.86. The topological polar surface area (TPSA) is 54.9 Å². The van der Waals surface area contributed by atoms with E-state index in [2.05, 4.69) is 15.5 Å². The summed E-state index contributed by atoms with van der Waals surface area (Å²) in [4.78, 5) is 12.2. The lowest BCUT2D eigenvalue weighted by molar-refractivity contribution is -0.117. The molecule has 0 radical (unpaired) electrons. The fraction of sp³-hybridized carbons (Fsp3) is 0.308. The monoisotopic (exact) mass is 261 g/mol. The molecule has 1 atom stereocenters. The van der Waals surface area contributed by atoms with Crippen LogP contribution in [0.1, 0.15) is 29.8 Å². The van der Waals surface area contributed by atoms with Gasteiger partial charge in [0.1, 0.15) is 5.01 Å². The number of nitrogens with one attached hydrogen (secondary N) is 1. The number of amides is 1. The molecule has 2 rings (SSSR count). The highest BCUT2D eigenvalue weighted by Crippen LogP contribution is 2.22. The summed E-state index contributed by atoms with van der Waals surface area (Å²) < 4.78 is 0. The molecule has 0 bridgehead atoms. The highest BCUT2D eigenvalue weighted by atomic mass is 32.1. The average Bonchev–Trinajstić information content (AvgIpc) is 2.77. The zero-order chi connectivity index (χ0) is 13.0. The molecule has 1 aromatic heterocycles. The van der Waals surface area contributed by atoms with Crippen molar-refractivity contribution in [3.8, 4) is 0 Å². The van der Waals surface area contributed by atoms with Crippen molar-refractivity contribution in [3.05, 3.63) is 40.9 Å². The standard InChI is InChI=1S/C13H15N3OS/c1-3-11(10-7-5-4-6-8-10)12(17)14-13-16-15-9(2)18-13/h4-8,11H,3H2,1-2H3,(H,14,16,17)/t11-/m0/s1. The predicted molar refractivity (Wildman–Crippen MR) is 72.7 cm³/mol. The summed E-state index contributed by atoms with van der Waals surface area (Å²) in [7, 11) is 0. The smallest absolute Gasteiger partial charge is 0.233 e. The van der Waals surface area contributed by atoms with Gasteiger partial charge in [0.15, 0.2) is 0 Å². The van der Waals surface area contributed by atoms with Crippen molar-refractivity contribution in [3.63, 3.8) is 0 Å². The molecular weight excluding hydrogens is 246 g/mol. The Bertz CT molecular complexity index is 524. The van der Waals surface area contributed by atoms with E-state index in [1.54, 1.807) is 0 Å². The zero-order valence-electron chi connectivity index (χ0n) is 10.4. The molecular formula is C13H15N3OS. The second kappa shape index (κ2) is 5.73. The van der Waals surface area contributed by atoms with E-state index < -0.39 is 0 Å². The third kappa shape index (κ3) is 2.92. The lowest BCUT2D eigenvalue weighted by Crippen LogP contribution is -2.20. The minimum atomic E-state index is -0.143. The van der Waals surface area contributed by atoms with Crippen molar-refractivity contribution in [1.82, 2.24) is 10.2 Å². The maximum Gasteiger partial charge on any atom is 0.233 e. The number of rotatable bonds is 4. The molecule has 0 unspecified atom stereocenters. The lowest BCUT2D eigenvalue weighted by Gasteiger charge is -2.13. The molecule has 1 N–H and O–H groups in total. The molecule has 0 saturated carbocycles. The van der Waals surface area contributed by atoms with Crippen LogP contribution in [0.25, 0.3) is 0 Å². The van der Waals surface area contributed by atoms with Gasteiger partial charge in [0, 0.05) is 0 Å². The highest BCUT2D eigenvalue weighted by Gasteiger charge is 2.19. The Labute approximate surface area is 110 Å². The van der Waals surface area contributed by atoms with E-state index >= 15 is 0 Å². The number of hydrogen-bond acceptors (Lipinski definition) is 4. The van der Waals surface area contributed by atoms with E-state index in [-0.39, 0.29) is 11.8 Å². The zero-order valence-corrected chi connectivity index (χ0v) is 11.2. The number of aromatic nitrogens is 2. The Hall–Kier alpha value is -1.75. The SMILES string of the molecule is CC[C@H](C(=O)Nc1nnc(C)s1)c1ccccc1. The van der Waals surface area contributed by atoms with Crippen molar-refractivity contribution < 1.29 is 4.79 Å². The van der Waals surface area contributed by atoms with E-state index in [1.807, 2.05) is 44.2 Å². The third-order valence-corrected chi connectivity index (χ3v) is 3.44. The molecule has 0 spiro atoms. The number of carbonyl (C=O) groups excluding carboxylic acids is 1. The van der Waals surface area contributed by atoms with Crippen molar-refractivity contribution in [2.75, 3.05) is 5.32 Å². The normalized spacial score (nSPS) is 12.1. The third-order valence-electron chi connectivity index (χ3n) is 2.68. The molecule has 0 aliphatic rings. The van der Waals surface area contributed by atoms with Gasteiger partial charge in [-0.1, -0.05) is 48.6 Å². The van der Waals surface area contributed by atoms with E-state index in [0.717, 1.165) is 17.0 Å². The second-order valence-electron chi connectivity index (χ2n) is 3.99. The van der Waals surface area contributed by atoms with Gasteiger partial charge in [-0.05, 0) is 18.9 Å². The first-order valence-corrected chi connectivity index (χ1v) is 6.68. The average molecular weight is 261 g/mol. The predicted octanol–water partition coefficient (Wildman–Crippen LogP) is 2.98. The van der Waals surface area contributed by atoms with Crippen LogP contribution < -0.4 is 5.32 Å². The van der Waals surface area contributed by atoms with Gasteiger partial charge in [-0.25, -0.2) is 0 Å². The molecule has 2 aromatic rings. The van der Waals surface area contributed by atoms with Crippen LogP contribution in [-0.2, 0) is 4.79 Å². The summed E-state index contributed by atoms with van der Waals surface area (Å²) in [5.41, 5.74) is 1.03. The van der Waals surface area contributed by atoms with Crippen LogP contribution in [0.2, 0.25) is 0 Å². The Kier molecular flexibility index (Phi) is 4.04. The van der Waals surface area contributed by atoms with Crippen molar-refractivity contribution in [2.45, 2.75) is 26.2 Å². The van der Waals surface area contributed by atoms with Gasteiger partial charge in [0.05, 0.1) is 5.92 Å². The van der Waals surface area contributed by atoms with Crippen molar-refractivity contribution >= 4 is 22.4 Å². The maximum atomic E-state index is 12.2. The van der Waals surface area contributed by atoms with Crippen LogP contribution in [0.5, 0.6) is 0 Å². The first-order chi connectivity index (χ1) is 8.70. The summed E-state index contributed by atoms with van der Waals surface area (Å²) >= 11 is 1.38. The molecule has 4 nitrogen and oxygen atoms in total. The molecule has 1 aromatic carbocycles. The van der Waals surface area contributed by atoms with Gasteiger partial charge in [0.25, 0.3) is 0 Å². The Morgan fingerprint density at radius 2 is 2.06 bits per heavy atom. The molecule has 5 heteroatoms. The van der Waals surface area contributed by atoms with E-state index in [9.17, 15) is 4.79 Å². The largest absolute Gasteiger partial charge is 0.300 e. The van der Waals surface area contributed by atoms with E-state index in [1.165, 1.54) is 11.3 Å². The van der Waals surface area contributed by atoms with Crippen LogP contribution in [-0.4, -0.2) is 16.1 Å². The number of aryl methyl sites for hydroxylation is 1. The van der Waals surface area contributed by atoms with Gasteiger partial charge < -0.3 is 0 Å². The van der Waals surface area contributed by atoms with Crippen LogP contribution >= 0.6 is 11.3 Å². The Morgan fingerprint density at radius 3 is 2.61 bits per heavy atom. The molecule has 1 amide bonds. The minimum Gasteiger partial charge on any atom is -0.300 e. The second-order valence-corrected chi connectivity index (χ2v) is 5.17. The first kappa shape index (κ1) is 12.7. The summed E-state index contributed by atoms with van der Waals surface area (Å²) in [6, 6.07) is 9.78. The van der Waals surface area contributed by atoms with Gasteiger partial charge >= 0.3 is 0 Å². The van der Waals surface area contributed by atoms with Crippen LogP contribution in [0.3, 0.4) is 0 Å². The molecule has 0 aliphatic carbocycles. The van der Waals surface area contributed by atoms with E-state index in [4.69, 9.17) is 0 Å². The summed E-state index contributed by atoms with van der Waals surface area (Å²) in [5, 5.41) is 12.0. The van der Waals surface area contributed by atoms with Gasteiger partial charge in [-0.3, -0.25) is 10.1 Å². The number of hydrogen-bond donors (Lipinski definition) is 1. The summed E-state index contributed by atoms with van der Waals surface area (Å²) in [6.07, 6.45) is 0.758. The number of nitrogens with zero attached hydrogens (tertiary/aromatic N) is 2. The quantitative estimate of drug-likeness (QED) is 0.920. The molecule has 1 heterocycles. The van der Waals surface area contributed by atoms with Crippen LogP contribution in [0, 0.1) is 6.92 Å². The van der Waals surface area contributed by atoms with Crippen LogP contribution in [0.4, 0.5) is 5.13 Å². The van der Waals surface area contributed by atoms with Crippen molar-refractivity contribution in [1.29, 1.82) is 0 Å². The van der Waals surface area contributed by atoms with Crippen molar-refractivity contribution in [2.24, 2.45) is 0 Å². The number of anilines is 1. The number of benzene rings is 1. The molecule has 0 aliphatic heterocycles. The Morgan fingerprint density at radius 1 is 1.33 bits per heavy atom. The van der Waals surface area contributed by atoms with Gasteiger partial charge in [0.2, 0.25) is 11.0 Å². The molecule has 0 fully saturated rings. The lowest BCUT2D eigenvalue weighted by atomic mass is 9.96. The van der Waals surface area contributed by atoms with E-state index in [0.29, 0.717) is 5.13 Å². The number of carbonyl (C=O) groups is 1.